The Kier molecular flexibility index (Phi) is 4.37. The minimum absolute atomic E-state index is 0.0520. The molecule has 3 fully saturated rings. The number of hydrogen-bond acceptors (Lipinski definition) is 5. The highest BCUT2D eigenvalue weighted by Crippen LogP contribution is 2.59. The first-order valence-electron chi connectivity index (χ1n) is 8.00. The molecule has 1 saturated heterocycles. The highest BCUT2D eigenvalue weighted by atomic mass is 16.7. The van der Waals surface area contributed by atoms with E-state index in [9.17, 15) is 4.79 Å². The standard InChI is InChI=1S/C16H26O5/c1-15-7-5-14(17)12(10-19-11-18-2)13(15)4-3-6-16(15)20-8-9-21-16/h12-13H,3-11H2,1-2H3/t12-,13-,15-/m1/s1. The molecule has 1 spiro atoms. The Hall–Kier alpha value is -0.490. The Morgan fingerprint density at radius 3 is 2.76 bits per heavy atom. The van der Waals surface area contributed by atoms with Crippen LogP contribution in [0.3, 0.4) is 0 Å². The summed E-state index contributed by atoms with van der Waals surface area (Å²) < 4.78 is 22.6. The van der Waals surface area contributed by atoms with Crippen molar-refractivity contribution in [3.8, 4) is 0 Å². The van der Waals surface area contributed by atoms with Gasteiger partial charge in [-0.1, -0.05) is 6.92 Å². The predicted octanol–water partition coefficient (Wildman–Crippen LogP) is 2.14. The van der Waals surface area contributed by atoms with Crippen molar-refractivity contribution >= 4 is 5.78 Å². The van der Waals surface area contributed by atoms with Crippen molar-refractivity contribution in [1.29, 1.82) is 0 Å². The number of methoxy groups -OCH3 is 1. The third kappa shape index (κ3) is 2.44. The molecule has 0 aromatic carbocycles. The fourth-order valence-electron chi connectivity index (χ4n) is 4.65. The summed E-state index contributed by atoms with van der Waals surface area (Å²) in [5.74, 6) is 0.0748. The van der Waals surface area contributed by atoms with Gasteiger partial charge in [0.25, 0.3) is 0 Å². The fourth-order valence-corrected chi connectivity index (χ4v) is 4.65. The lowest BCUT2D eigenvalue weighted by molar-refractivity contribution is -0.281. The Labute approximate surface area is 126 Å². The molecule has 3 aliphatic rings. The van der Waals surface area contributed by atoms with E-state index < -0.39 is 5.79 Å². The number of hydrogen-bond donors (Lipinski definition) is 0. The smallest absolute Gasteiger partial charge is 0.174 e. The summed E-state index contributed by atoms with van der Waals surface area (Å²) in [5.41, 5.74) is -0.0865. The van der Waals surface area contributed by atoms with E-state index in [0.29, 0.717) is 32.0 Å². The van der Waals surface area contributed by atoms with Crippen LogP contribution in [-0.2, 0) is 23.7 Å². The summed E-state index contributed by atoms with van der Waals surface area (Å²) in [4.78, 5) is 12.4. The van der Waals surface area contributed by atoms with Crippen LogP contribution in [0.1, 0.15) is 39.0 Å². The lowest BCUT2D eigenvalue weighted by Gasteiger charge is -2.56. The number of ether oxygens (including phenoxy) is 4. The molecule has 1 heterocycles. The van der Waals surface area contributed by atoms with Crippen molar-refractivity contribution in [3.63, 3.8) is 0 Å². The Morgan fingerprint density at radius 1 is 1.29 bits per heavy atom. The fraction of sp³-hybridized carbons (Fsp3) is 0.938. The summed E-state index contributed by atoms with van der Waals surface area (Å²) in [6.45, 7) is 4.27. The van der Waals surface area contributed by atoms with Crippen LogP contribution in [0.15, 0.2) is 0 Å². The van der Waals surface area contributed by atoms with Crippen LogP contribution in [0.4, 0.5) is 0 Å². The van der Waals surface area contributed by atoms with E-state index in [1.54, 1.807) is 7.11 Å². The maximum Gasteiger partial charge on any atom is 0.174 e. The van der Waals surface area contributed by atoms with E-state index in [2.05, 4.69) is 6.92 Å². The van der Waals surface area contributed by atoms with E-state index in [4.69, 9.17) is 18.9 Å². The first-order chi connectivity index (χ1) is 10.1. The number of ketones is 1. The predicted molar refractivity (Wildman–Crippen MR) is 75.6 cm³/mol. The normalized spacial score (nSPS) is 38.7. The molecule has 2 saturated carbocycles. The lowest BCUT2D eigenvalue weighted by atomic mass is 9.53. The van der Waals surface area contributed by atoms with Gasteiger partial charge in [0, 0.05) is 31.3 Å². The van der Waals surface area contributed by atoms with Gasteiger partial charge in [0.2, 0.25) is 0 Å². The van der Waals surface area contributed by atoms with Gasteiger partial charge in [-0.25, -0.2) is 0 Å². The number of Topliss-reactive ketones (excluding diaryl/α,β-unsaturated/α-hetero) is 1. The van der Waals surface area contributed by atoms with Crippen molar-refractivity contribution in [3.05, 3.63) is 0 Å². The molecule has 3 atom stereocenters. The number of fused-ring (bicyclic) bond motifs is 2. The van der Waals surface area contributed by atoms with Crippen LogP contribution >= 0.6 is 0 Å². The van der Waals surface area contributed by atoms with E-state index in [1.807, 2.05) is 0 Å². The van der Waals surface area contributed by atoms with E-state index in [-0.39, 0.29) is 24.0 Å². The highest BCUT2D eigenvalue weighted by Gasteiger charge is 2.62. The summed E-state index contributed by atoms with van der Waals surface area (Å²) in [7, 11) is 1.60. The van der Waals surface area contributed by atoms with Gasteiger partial charge in [-0.3, -0.25) is 4.79 Å². The molecule has 0 radical (unpaired) electrons. The summed E-state index contributed by atoms with van der Waals surface area (Å²) in [6, 6.07) is 0. The minimum atomic E-state index is -0.476. The third-order valence-electron chi connectivity index (χ3n) is 5.75. The maximum atomic E-state index is 12.4. The average molecular weight is 298 g/mol. The largest absolute Gasteiger partial charge is 0.359 e. The first-order valence-corrected chi connectivity index (χ1v) is 8.00. The van der Waals surface area contributed by atoms with Gasteiger partial charge in [-0.15, -0.1) is 0 Å². The van der Waals surface area contributed by atoms with Crippen molar-refractivity contribution in [1.82, 2.24) is 0 Å². The van der Waals surface area contributed by atoms with Crippen LogP contribution in [0.25, 0.3) is 0 Å². The number of rotatable bonds is 4. The van der Waals surface area contributed by atoms with E-state index >= 15 is 0 Å². The van der Waals surface area contributed by atoms with E-state index in [1.165, 1.54) is 0 Å². The van der Waals surface area contributed by atoms with Crippen molar-refractivity contribution < 1.29 is 23.7 Å². The molecule has 0 aromatic heterocycles. The summed E-state index contributed by atoms with van der Waals surface area (Å²) in [6.07, 6.45) is 4.51. The number of carbonyl (C=O) groups is 1. The van der Waals surface area contributed by atoms with Crippen molar-refractivity contribution in [2.75, 3.05) is 33.7 Å². The molecule has 120 valence electrons. The van der Waals surface area contributed by atoms with Gasteiger partial charge in [-0.2, -0.15) is 0 Å². The Bertz CT molecular complexity index is 390. The molecule has 5 nitrogen and oxygen atoms in total. The third-order valence-corrected chi connectivity index (χ3v) is 5.75. The zero-order chi connectivity index (χ0) is 14.9. The van der Waals surface area contributed by atoms with Crippen molar-refractivity contribution in [2.24, 2.45) is 17.3 Å². The van der Waals surface area contributed by atoms with Gasteiger partial charge in [-0.05, 0) is 25.2 Å². The van der Waals surface area contributed by atoms with Crippen LogP contribution in [0, 0.1) is 17.3 Å². The first kappa shape index (κ1) is 15.4. The summed E-state index contributed by atoms with van der Waals surface area (Å²) in [5, 5.41) is 0. The molecule has 1 aliphatic heterocycles. The highest BCUT2D eigenvalue weighted by molar-refractivity contribution is 5.82. The second-order valence-corrected chi connectivity index (χ2v) is 6.72. The van der Waals surface area contributed by atoms with Crippen LogP contribution < -0.4 is 0 Å². The quantitative estimate of drug-likeness (QED) is 0.588. The molecule has 3 rings (SSSR count). The van der Waals surface area contributed by atoms with Gasteiger partial charge < -0.3 is 18.9 Å². The monoisotopic (exact) mass is 298 g/mol. The molecular formula is C16H26O5. The van der Waals surface area contributed by atoms with Crippen LogP contribution in [0.5, 0.6) is 0 Å². The molecule has 5 heteroatoms. The zero-order valence-electron chi connectivity index (χ0n) is 13.1. The SMILES string of the molecule is COCOC[C@H]1C(=O)CC[C@]2(C)[C@@H]1CCCC21OCCO1. The Morgan fingerprint density at radius 2 is 2.05 bits per heavy atom. The van der Waals surface area contributed by atoms with Gasteiger partial charge in [0.05, 0.1) is 19.8 Å². The lowest BCUT2D eigenvalue weighted by Crippen LogP contribution is -2.59. The number of carbonyl (C=O) groups excluding carboxylic acids is 1. The second-order valence-electron chi connectivity index (χ2n) is 6.72. The molecule has 0 aromatic rings. The molecule has 0 N–H and O–H groups in total. The molecular weight excluding hydrogens is 272 g/mol. The Balaban J connectivity index is 1.81. The van der Waals surface area contributed by atoms with Gasteiger partial charge in [0.1, 0.15) is 12.6 Å². The van der Waals surface area contributed by atoms with Gasteiger partial charge >= 0.3 is 0 Å². The maximum absolute atomic E-state index is 12.4. The molecule has 0 bridgehead atoms. The van der Waals surface area contributed by atoms with E-state index in [0.717, 1.165) is 25.7 Å². The van der Waals surface area contributed by atoms with Crippen LogP contribution in [0.2, 0.25) is 0 Å². The summed E-state index contributed by atoms with van der Waals surface area (Å²) >= 11 is 0. The molecule has 0 unspecified atom stereocenters. The molecule has 0 amide bonds. The van der Waals surface area contributed by atoms with Gasteiger partial charge in [0.15, 0.2) is 5.79 Å². The van der Waals surface area contributed by atoms with Crippen LogP contribution in [-0.4, -0.2) is 45.3 Å². The molecule has 2 aliphatic carbocycles. The second kappa shape index (κ2) is 5.95. The van der Waals surface area contributed by atoms with Crippen molar-refractivity contribution in [2.45, 2.75) is 44.8 Å². The zero-order valence-corrected chi connectivity index (χ0v) is 13.1. The molecule has 21 heavy (non-hydrogen) atoms. The minimum Gasteiger partial charge on any atom is -0.359 e. The average Bonchev–Trinajstić information content (AvgIpc) is 2.94. The topological polar surface area (TPSA) is 54.0 Å².